The number of carboxylic acid groups (broad SMARTS) is 1. The van der Waals surface area contributed by atoms with Crippen molar-refractivity contribution in [2.24, 2.45) is 0 Å². The average Bonchev–Trinajstić information content (AvgIpc) is 2.37. The lowest BCUT2D eigenvalue weighted by atomic mass is 10.1. The molecular formula is C14H14F3NO3. The Balaban J connectivity index is 3.17. The van der Waals surface area contributed by atoms with Crippen LogP contribution in [0.25, 0.3) is 0 Å². The summed E-state index contributed by atoms with van der Waals surface area (Å²) in [5.41, 5.74) is -1.51. The zero-order chi connectivity index (χ0) is 16.2. The fraction of sp³-hybridized carbons (Fsp3) is 0.286. The highest BCUT2D eigenvalue weighted by molar-refractivity contribution is 6.07. The van der Waals surface area contributed by atoms with Gasteiger partial charge in [-0.2, -0.15) is 13.2 Å². The van der Waals surface area contributed by atoms with E-state index in [1.165, 1.54) is 6.92 Å². The molecule has 0 heterocycles. The summed E-state index contributed by atoms with van der Waals surface area (Å²) in [6.07, 6.45) is -2.41. The average molecular weight is 301 g/mol. The summed E-state index contributed by atoms with van der Waals surface area (Å²) < 4.78 is 37.7. The molecule has 0 aliphatic rings. The first-order valence-corrected chi connectivity index (χ1v) is 6.09. The first-order chi connectivity index (χ1) is 9.66. The molecule has 7 heteroatoms. The normalized spacial score (nSPS) is 12.1. The Morgan fingerprint density at radius 1 is 1.33 bits per heavy atom. The van der Waals surface area contributed by atoms with Gasteiger partial charge in [0.05, 0.1) is 16.8 Å². The van der Waals surface area contributed by atoms with Crippen LogP contribution in [0.4, 0.5) is 18.9 Å². The van der Waals surface area contributed by atoms with Crippen molar-refractivity contribution in [2.75, 3.05) is 5.32 Å². The van der Waals surface area contributed by atoms with Gasteiger partial charge in [-0.3, -0.25) is 4.79 Å². The first-order valence-electron chi connectivity index (χ1n) is 6.09. The number of benzene rings is 1. The Labute approximate surface area is 119 Å². The Hall–Kier alpha value is -2.31. The number of alkyl halides is 3. The van der Waals surface area contributed by atoms with Gasteiger partial charge in [-0.15, -0.1) is 0 Å². The molecule has 0 aromatic heterocycles. The van der Waals surface area contributed by atoms with Crippen molar-refractivity contribution >= 4 is 17.6 Å². The molecule has 0 aliphatic carbocycles. The molecule has 0 saturated carbocycles. The fourth-order valence-electron chi connectivity index (χ4n) is 1.63. The third kappa shape index (κ3) is 4.34. The maximum atomic E-state index is 12.6. The minimum atomic E-state index is -4.65. The molecule has 1 amide bonds. The molecule has 0 spiro atoms. The topological polar surface area (TPSA) is 66.4 Å². The maximum Gasteiger partial charge on any atom is 0.416 e. The van der Waals surface area contributed by atoms with Crippen molar-refractivity contribution in [3.8, 4) is 0 Å². The molecule has 21 heavy (non-hydrogen) atoms. The number of nitrogens with one attached hydrogen (secondary N) is 1. The van der Waals surface area contributed by atoms with Crippen LogP contribution in [-0.4, -0.2) is 17.0 Å². The van der Waals surface area contributed by atoms with E-state index in [9.17, 15) is 22.8 Å². The second-order valence-corrected chi connectivity index (χ2v) is 4.31. The van der Waals surface area contributed by atoms with Crippen molar-refractivity contribution in [1.82, 2.24) is 0 Å². The smallest absolute Gasteiger partial charge is 0.416 e. The second kappa shape index (κ2) is 6.43. The number of halogens is 3. The largest absolute Gasteiger partial charge is 0.478 e. The van der Waals surface area contributed by atoms with Crippen molar-refractivity contribution < 1.29 is 27.9 Å². The van der Waals surface area contributed by atoms with E-state index in [0.717, 1.165) is 12.1 Å². The molecule has 4 nitrogen and oxygen atoms in total. The molecule has 1 rings (SSSR count). The number of hydrogen-bond donors (Lipinski definition) is 2. The van der Waals surface area contributed by atoms with Gasteiger partial charge in [0.2, 0.25) is 0 Å². The lowest BCUT2D eigenvalue weighted by molar-refractivity contribution is -0.137. The van der Waals surface area contributed by atoms with Crippen LogP contribution < -0.4 is 5.32 Å². The zero-order valence-corrected chi connectivity index (χ0v) is 11.4. The van der Waals surface area contributed by atoms with Crippen LogP contribution >= 0.6 is 0 Å². The van der Waals surface area contributed by atoms with Crippen LogP contribution in [0, 0.1) is 0 Å². The molecule has 2 N–H and O–H groups in total. The first kappa shape index (κ1) is 16.7. The summed E-state index contributed by atoms with van der Waals surface area (Å²) in [7, 11) is 0. The highest BCUT2D eigenvalue weighted by Crippen LogP contribution is 2.32. The fourth-order valence-corrected chi connectivity index (χ4v) is 1.63. The van der Waals surface area contributed by atoms with E-state index in [0.29, 0.717) is 18.1 Å². The summed E-state index contributed by atoms with van der Waals surface area (Å²) in [6.45, 7) is 3.35. The monoisotopic (exact) mass is 301 g/mol. The number of carboxylic acids is 1. The minimum Gasteiger partial charge on any atom is -0.478 e. The maximum absolute atomic E-state index is 12.6. The zero-order valence-electron chi connectivity index (χ0n) is 11.4. The predicted octanol–water partition coefficient (Wildman–Crippen LogP) is 3.70. The Morgan fingerprint density at radius 3 is 2.43 bits per heavy atom. The van der Waals surface area contributed by atoms with Crippen LogP contribution in [0.5, 0.6) is 0 Å². The molecule has 0 radical (unpaired) electrons. The van der Waals surface area contributed by atoms with Gasteiger partial charge >= 0.3 is 12.1 Å². The highest BCUT2D eigenvalue weighted by atomic mass is 19.4. The molecular weight excluding hydrogens is 287 g/mol. The quantitative estimate of drug-likeness (QED) is 0.833. The number of carbonyl (C=O) groups excluding carboxylic acids is 1. The number of carbonyl (C=O) groups is 2. The van der Waals surface area contributed by atoms with Gasteiger partial charge in [-0.25, -0.2) is 4.79 Å². The van der Waals surface area contributed by atoms with Crippen LogP contribution in [-0.2, 0) is 11.0 Å². The molecule has 0 fully saturated rings. The van der Waals surface area contributed by atoms with Crippen LogP contribution in [0.3, 0.4) is 0 Å². The molecule has 1 aromatic rings. The Morgan fingerprint density at radius 2 is 1.95 bits per heavy atom. The number of aromatic carboxylic acids is 1. The molecule has 1 aromatic carbocycles. The third-order valence-electron chi connectivity index (χ3n) is 2.69. The summed E-state index contributed by atoms with van der Waals surface area (Å²) in [5.74, 6) is -2.10. The van der Waals surface area contributed by atoms with E-state index in [-0.39, 0.29) is 5.69 Å². The van der Waals surface area contributed by atoms with E-state index < -0.39 is 29.2 Å². The predicted molar refractivity (Wildman–Crippen MR) is 71.1 cm³/mol. The number of rotatable bonds is 4. The van der Waals surface area contributed by atoms with Crippen molar-refractivity contribution in [3.63, 3.8) is 0 Å². The van der Waals surface area contributed by atoms with Gasteiger partial charge in [-0.05, 0) is 31.5 Å². The van der Waals surface area contributed by atoms with Crippen LogP contribution in [0.1, 0.15) is 36.2 Å². The van der Waals surface area contributed by atoms with Gasteiger partial charge in [0.25, 0.3) is 5.91 Å². The number of amides is 1. The third-order valence-corrected chi connectivity index (χ3v) is 2.69. The summed E-state index contributed by atoms with van der Waals surface area (Å²) in [5, 5.41) is 11.3. The summed E-state index contributed by atoms with van der Waals surface area (Å²) in [6, 6.07) is 2.15. The Bertz CT molecular complexity index is 592. The standard InChI is InChI=1S/C14H14F3NO3/c1-3-4-8(2)12(19)18-11-6-5-9(14(15,16)17)7-10(11)13(20)21/h4-7H,3H2,1-2H3,(H,18,19)(H,20,21). The van der Waals surface area contributed by atoms with Crippen LogP contribution in [0.15, 0.2) is 29.8 Å². The molecule has 0 saturated heterocycles. The summed E-state index contributed by atoms with van der Waals surface area (Å²) >= 11 is 0. The molecule has 0 unspecified atom stereocenters. The minimum absolute atomic E-state index is 0.177. The van der Waals surface area contributed by atoms with Gasteiger partial charge in [0.1, 0.15) is 0 Å². The molecule has 0 atom stereocenters. The van der Waals surface area contributed by atoms with E-state index in [1.807, 2.05) is 6.92 Å². The van der Waals surface area contributed by atoms with E-state index >= 15 is 0 Å². The number of anilines is 1. The van der Waals surface area contributed by atoms with Gasteiger partial charge < -0.3 is 10.4 Å². The van der Waals surface area contributed by atoms with Crippen LogP contribution in [0.2, 0.25) is 0 Å². The van der Waals surface area contributed by atoms with Gasteiger partial charge in [-0.1, -0.05) is 13.0 Å². The number of allylic oxidation sites excluding steroid dienone is 1. The highest BCUT2D eigenvalue weighted by Gasteiger charge is 2.32. The lowest BCUT2D eigenvalue weighted by Gasteiger charge is -2.12. The van der Waals surface area contributed by atoms with E-state index in [1.54, 1.807) is 6.08 Å². The van der Waals surface area contributed by atoms with E-state index in [2.05, 4.69) is 5.32 Å². The van der Waals surface area contributed by atoms with Crippen molar-refractivity contribution in [1.29, 1.82) is 0 Å². The molecule has 0 aliphatic heterocycles. The Kier molecular flexibility index (Phi) is 5.12. The van der Waals surface area contributed by atoms with E-state index in [4.69, 9.17) is 5.11 Å². The molecule has 0 bridgehead atoms. The molecule has 114 valence electrons. The lowest BCUT2D eigenvalue weighted by Crippen LogP contribution is -2.16. The number of hydrogen-bond acceptors (Lipinski definition) is 2. The van der Waals surface area contributed by atoms with Crippen molar-refractivity contribution in [2.45, 2.75) is 26.4 Å². The van der Waals surface area contributed by atoms with Gasteiger partial charge in [0, 0.05) is 5.57 Å². The van der Waals surface area contributed by atoms with Crippen molar-refractivity contribution in [3.05, 3.63) is 41.0 Å². The SMILES string of the molecule is CCC=C(C)C(=O)Nc1ccc(C(F)(F)F)cc1C(=O)O. The van der Waals surface area contributed by atoms with Gasteiger partial charge in [0.15, 0.2) is 0 Å². The second-order valence-electron chi connectivity index (χ2n) is 4.31. The summed E-state index contributed by atoms with van der Waals surface area (Å²) in [4.78, 5) is 22.8.